The van der Waals surface area contributed by atoms with Crippen LogP contribution >= 0.6 is 0 Å². The van der Waals surface area contributed by atoms with Crippen LogP contribution in [0, 0.1) is 0 Å². The zero-order chi connectivity index (χ0) is 13.3. The van der Waals surface area contributed by atoms with E-state index in [9.17, 15) is 18.0 Å². The van der Waals surface area contributed by atoms with E-state index in [0.717, 1.165) is 0 Å². The van der Waals surface area contributed by atoms with Crippen LogP contribution in [0.2, 0.25) is 0 Å². The number of esters is 2. The molecular formula is C10H8O7S. The molecule has 1 atom stereocenters. The van der Waals surface area contributed by atoms with Crippen molar-refractivity contribution in [3.63, 3.8) is 0 Å². The van der Waals surface area contributed by atoms with E-state index >= 15 is 0 Å². The molecule has 2 bridgehead atoms. The molecule has 1 aromatic rings. The van der Waals surface area contributed by atoms with E-state index in [-0.39, 0.29) is 11.1 Å². The van der Waals surface area contributed by atoms with E-state index in [1.165, 1.54) is 24.3 Å². The summed E-state index contributed by atoms with van der Waals surface area (Å²) in [7, 11) is -4.66. The minimum absolute atomic E-state index is 0.000000000000000444. The zero-order valence-electron chi connectivity index (χ0n) is 8.90. The predicted octanol–water partition coefficient (Wildman–Crippen LogP) is 0.228. The van der Waals surface area contributed by atoms with E-state index < -0.39 is 34.1 Å². The first-order valence-corrected chi connectivity index (χ1v) is 6.33. The molecule has 1 aliphatic heterocycles. The fraction of sp³-hybridized carbons (Fsp3) is 0.200. The number of hydrogen-bond donors (Lipinski definition) is 1. The van der Waals surface area contributed by atoms with Crippen LogP contribution in [-0.2, 0) is 19.6 Å². The lowest BCUT2D eigenvalue weighted by molar-refractivity contribution is 0.0176. The molecule has 1 unspecified atom stereocenters. The summed E-state index contributed by atoms with van der Waals surface area (Å²) in [6.45, 7) is -0.762. The van der Waals surface area contributed by atoms with E-state index in [1.807, 2.05) is 0 Å². The largest absolute Gasteiger partial charge is 0.457 e. The van der Waals surface area contributed by atoms with Gasteiger partial charge in [0.1, 0.15) is 6.61 Å². The van der Waals surface area contributed by atoms with Gasteiger partial charge in [0.05, 0.1) is 11.1 Å². The molecule has 0 saturated carbocycles. The second kappa shape index (κ2) is 4.39. The molecular weight excluding hydrogens is 264 g/mol. The Morgan fingerprint density at radius 1 is 1.17 bits per heavy atom. The lowest BCUT2D eigenvalue weighted by atomic mass is 10.1. The SMILES string of the molecule is O=C1OCC(S(=O)(=O)O)OC(=O)c2cccc1c2. The first-order chi connectivity index (χ1) is 8.38. The number of ether oxygens (including phenoxy) is 2. The Morgan fingerprint density at radius 3 is 2.39 bits per heavy atom. The van der Waals surface area contributed by atoms with Crippen LogP contribution in [0.4, 0.5) is 0 Å². The predicted molar refractivity (Wildman–Crippen MR) is 57.5 cm³/mol. The van der Waals surface area contributed by atoms with Gasteiger partial charge in [0.15, 0.2) is 0 Å². The molecule has 1 aromatic carbocycles. The van der Waals surface area contributed by atoms with Crippen molar-refractivity contribution in [1.29, 1.82) is 0 Å². The van der Waals surface area contributed by atoms with Crippen molar-refractivity contribution in [3.8, 4) is 0 Å². The molecule has 1 aliphatic rings. The average molecular weight is 272 g/mol. The van der Waals surface area contributed by atoms with Crippen molar-refractivity contribution in [1.82, 2.24) is 0 Å². The van der Waals surface area contributed by atoms with Gasteiger partial charge in [0.2, 0.25) is 0 Å². The molecule has 7 nitrogen and oxygen atoms in total. The van der Waals surface area contributed by atoms with E-state index in [4.69, 9.17) is 4.55 Å². The highest BCUT2D eigenvalue weighted by atomic mass is 32.2. The smallest absolute Gasteiger partial charge is 0.339 e. The van der Waals surface area contributed by atoms with E-state index in [1.54, 1.807) is 0 Å². The van der Waals surface area contributed by atoms with Gasteiger partial charge in [-0.25, -0.2) is 9.59 Å². The highest BCUT2D eigenvalue weighted by molar-refractivity contribution is 7.86. The van der Waals surface area contributed by atoms with Crippen molar-refractivity contribution in [2.45, 2.75) is 5.44 Å². The summed E-state index contributed by atoms with van der Waals surface area (Å²) in [4.78, 5) is 23.1. The number of carbonyl (C=O) groups excluding carboxylic acids is 2. The van der Waals surface area contributed by atoms with Crippen LogP contribution in [-0.4, -0.2) is 37.0 Å². The Labute approximate surface area is 102 Å². The summed E-state index contributed by atoms with van der Waals surface area (Å²) in [5.74, 6) is -1.76. The van der Waals surface area contributed by atoms with Gasteiger partial charge in [0, 0.05) is 0 Å². The van der Waals surface area contributed by atoms with E-state index in [2.05, 4.69) is 9.47 Å². The number of benzene rings is 1. The van der Waals surface area contributed by atoms with Crippen LogP contribution in [0.1, 0.15) is 20.7 Å². The topological polar surface area (TPSA) is 107 Å². The molecule has 0 radical (unpaired) electrons. The van der Waals surface area contributed by atoms with Crippen LogP contribution in [0.5, 0.6) is 0 Å². The number of hydrogen-bond acceptors (Lipinski definition) is 6. The molecule has 0 aromatic heterocycles. The molecule has 0 fully saturated rings. The molecule has 0 saturated heterocycles. The number of carbonyl (C=O) groups is 2. The van der Waals surface area contributed by atoms with E-state index in [0.29, 0.717) is 0 Å². The molecule has 0 aliphatic carbocycles. The fourth-order valence-electron chi connectivity index (χ4n) is 1.37. The second-order valence-electron chi connectivity index (χ2n) is 3.53. The Bertz CT molecular complexity index is 604. The third-order valence-corrected chi connectivity index (χ3v) is 3.15. The molecule has 0 spiro atoms. The van der Waals surface area contributed by atoms with Gasteiger partial charge in [-0.2, -0.15) is 8.42 Å². The van der Waals surface area contributed by atoms with Crippen LogP contribution in [0.15, 0.2) is 24.3 Å². The molecule has 2 rings (SSSR count). The summed E-state index contributed by atoms with van der Waals surface area (Å²) in [5, 5.41) is 0. The Hall–Kier alpha value is -1.93. The first-order valence-electron chi connectivity index (χ1n) is 4.82. The maximum Gasteiger partial charge on any atom is 0.339 e. The number of cyclic esters (lactones) is 2. The van der Waals surface area contributed by atoms with Gasteiger partial charge >= 0.3 is 22.1 Å². The minimum atomic E-state index is -4.66. The summed E-state index contributed by atoms with van der Waals surface area (Å²) in [6, 6.07) is 5.41. The number of rotatable bonds is 1. The Morgan fingerprint density at radius 2 is 1.78 bits per heavy atom. The van der Waals surface area contributed by atoms with Crippen LogP contribution in [0.3, 0.4) is 0 Å². The molecule has 1 heterocycles. The van der Waals surface area contributed by atoms with Crippen molar-refractivity contribution >= 4 is 22.1 Å². The molecule has 0 amide bonds. The zero-order valence-corrected chi connectivity index (χ0v) is 9.72. The normalized spacial score (nSPS) is 20.2. The molecule has 96 valence electrons. The Kier molecular flexibility index (Phi) is 3.05. The van der Waals surface area contributed by atoms with Gasteiger partial charge < -0.3 is 9.47 Å². The molecule has 1 N–H and O–H groups in total. The number of fused-ring (bicyclic) bond motifs is 2. The minimum Gasteiger partial charge on any atom is -0.457 e. The summed E-state index contributed by atoms with van der Waals surface area (Å²) >= 11 is 0. The monoisotopic (exact) mass is 272 g/mol. The lowest BCUT2D eigenvalue weighted by Crippen LogP contribution is -2.31. The van der Waals surface area contributed by atoms with Gasteiger partial charge in [-0.1, -0.05) is 6.07 Å². The molecule has 8 heteroatoms. The van der Waals surface area contributed by atoms with Crippen molar-refractivity contribution in [3.05, 3.63) is 35.4 Å². The quantitative estimate of drug-likeness (QED) is 0.575. The standard InChI is InChI=1S/C10H8O7S/c11-9-6-2-1-3-7(4-6)10(12)17-8(5-16-9)18(13,14)15/h1-4,8H,5H2,(H,13,14,15). The van der Waals surface area contributed by atoms with Crippen molar-refractivity contribution < 1.29 is 32.0 Å². The maximum absolute atomic E-state index is 11.6. The van der Waals surface area contributed by atoms with Crippen LogP contribution < -0.4 is 0 Å². The lowest BCUT2D eigenvalue weighted by Gasteiger charge is -2.13. The van der Waals surface area contributed by atoms with Gasteiger partial charge in [-0.15, -0.1) is 0 Å². The fourth-order valence-corrected chi connectivity index (χ4v) is 1.82. The third-order valence-electron chi connectivity index (χ3n) is 2.26. The van der Waals surface area contributed by atoms with Crippen LogP contribution in [0.25, 0.3) is 0 Å². The van der Waals surface area contributed by atoms with Crippen molar-refractivity contribution in [2.24, 2.45) is 0 Å². The average Bonchev–Trinajstić information content (AvgIpc) is 2.34. The first kappa shape index (κ1) is 12.5. The second-order valence-corrected chi connectivity index (χ2v) is 5.08. The maximum atomic E-state index is 11.6. The Balaban J connectivity index is 2.42. The van der Waals surface area contributed by atoms with Gasteiger partial charge in [-0.3, -0.25) is 4.55 Å². The van der Waals surface area contributed by atoms with Crippen molar-refractivity contribution in [2.75, 3.05) is 6.61 Å². The van der Waals surface area contributed by atoms with Gasteiger partial charge in [-0.05, 0) is 18.2 Å². The van der Waals surface area contributed by atoms with Gasteiger partial charge in [0.25, 0.3) is 5.44 Å². The summed E-state index contributed by atoms with van der Waals surface area (Å²) < 4.78 is 39.9. The highest BCUT2D eigenvalue weighted by Gasteiger charge is 2.31. The summed E-state index contributed by atoms with van der Waals surface area (Å²) in [6.07, 6.45) is 0. The third kappa shape index (κ3) is 2.49. The molecule has 18 heavy (non-hydrogen) atoms. The summed E-state index contributed by atoms with van der Waals surface area (Å²) in [5.41, 5.74) is -1.83. The highest BCUT2D eigenvalue weighted by Crippen LogP contribution is 2.14.